The molecule has 0 radical (unpaired) electrons. The highest BCUT2D eigenvalue weighted by atomic mass is 79.9. The summed E-state index contributed by atoms with van der Waals surface area (Å²) < 4.78 is 5.59. The maximum atomic E-state index is 11.4. The summed E-state index contributed by atoms with van der Waals surface area (Å²) in [6.07, 6.45) is -0.576. The van der Waals surface area contributed by atoms with E-state index in [1.54, 1.807) is 18.2 Å². The van der Waals surface area contributed by atoms with Crippen molar-refractivity contribution in [1.82, 2.24) is 0 Å². The molecule has 0 fully saturated rings. The first kappa shape index (κ1) is 18.3. The van der Waals surface area contributed by atoms with Crippen molar-refractivity contribution in [3.63, 3.8) is 0 Å². The van der Waals surface area contributed by atoms with Crippen molar-refractivity contribution in [1.29, 1.82) is 0 Å². The molecule has 0 bridgehead atoms. The van der Waals surface area contributed by atoms with E-state index in [9.17, 15) is 4.79 Å². The molecule has 0 saturated heterocycles. The number of amides is 1. The van der Waals surface area contributed by atoms with Crippen molar-refractivity contribution in [2.45, 2.75) is 13.5 Å². The fourth-order valence-electron chi connectivity index (χ4n) is 1.92. The lowest BCUT2D eigenvalue weighted by atomic mass is 10.1. The van der Waals surface area contributed by atoms with Gasteiger partial charge in [-0.3, -0.25) is 5.32 Å². The van der Waals surface area contributed by atoms with E-state index in [0.29, 0.717) is 16.3 Å². The first-order valence-corrected chi connectivity index (χ1v) is 8.23. The van der Waals surface area contributed by atoms with Crippen LogP contribution >= 0.6 is 27.5 Å². The van der Waals surface area contributed by atoms with E-state index in [2.05, 4.69) is 31.1 Å². The third-order valence-electron chi connectivity index (χ3n) is 3.21. The maximum Gasteiger partial charge on any atom is 0.411 e. The van der Waals surface area contributed by atoms with Gasteiger partial charge in [0.25, 0.3) is 0 Å². The van der Waals surface area contributed by atoms with Gasteiger partial charge in [0.2, 0.25) is 0 Å². The van der Waals surface area contributed by atoms with Crippen LogP contribution in [0.15, 0.2) is 52.1 Å². The number of carbonyl (C=O) groups excluding carboxylic acids is 1. The molecule has 2 aromatic carbocycles. The average Bonchev–Trinajstić information content (AvgIpc) is 2.57. The smallest absolute Gasteiger partial charge is 0.411 e. The minimum Gasteiger partial charge on any atom is -0.453 e. The highest BCUT2D eigenvalue weighted by Crippen LogP contribution is 2.25. The number of benzene rings is 2. The van der Waals surface area contributed by atoms with Gasteiger partial charge >= 0.3 is 6.09 Å². The zero-order chi connectivity index (χ0) is 17.5. The minimum absolute atomic E-state index is 0.118. The van der Waals surface area contributed by atoms with E-state index in [4.69, 9.17) is 16.4 Å². The summed E-state index contributed by atoms with van der Waals surface area (Å²) in [7, 11) is 1.29. The summed E-state index contributed by atoms with van der Waals surface area (Å²) in [5.74, 6) is 0. The lowest BCUT2D eigenvalue weighted by Gasteiger charge is -2.11. The molecule has 2 aromatic rings. The molecule has 7 heteroatoms. The van der Waals surface area contributed by atoms with Crippen LogP contribution in [0.25, 0.3) is 0 Å². The molecule has 126 valence electrons. The molecule has 1 amide bonds. The van der Waals surface area contributed by atoms with Crippen molar-refractivity contribution < 1.29 is 14.4 Å². The van der Waals surface area contributed by atoms with Crippen molar-refractivity contribution in [3.05, 3.63) is 63.1 Å². The van der Waals surface area contributed by atoms with Crippen LogP contribution in [0.1, 0.15) is 18.1 Å². The minimum atomic E-state index is -0.576. The Morgan fingerprint density at radius 3 is 2.62 bits per heavy atom. The van der Waals surface area contributed by atoms with Gasteiger partial charge in [-0.1, -0.05) is 50.9 Å². The molecular formula is C17H16BrClN2O3. The van der Waals surface area contributed by atoms with Crippen LogP contribution in [0.4, 0.5) is 10.5 Å². The summed E-state index contributed by atoms with van der Waals surface area (Å²) in [6.45, 7) is 1.97. The number of hydrogen-bond donors (Lipinski definition) is 1. The molecule has 0 aromatic heterocycles. The number of oxime groups is 1. The molecule has 1 N–H and O–H groups in total. The lowest BCUT2D eigenvalue weighted by Crippen LogP contribution is -2.13. The predicted molar refractivity (Wildman–Crippen MR) is 98.6 cm³/mol. The number of hydrogen-bond acceptors (Lipinski definition) is 4. The quantitative estimate of drug-likeness (QED) is 0.542. The molecule has 0 atom stereocenters. The zero-order valence-corrected chi connectivity index (χ0v) is 15.5. The molecule has 0 aliphatic rings. The standard InChI is InChI=1S/C17H16BrClN2O3/c1-11(12-6-8-13(18)9-7-12)21-24-10-14-15(19)4-3-5-16(14)20-17(22)23-2/h3-9H,10H2,1-2H3,(H,20,22). The molecule has 0 aliphatic carbocycles. The zero-order valence-electron chi connectivity index (χ0n) is 13.2. The first-order chi connectivity index (χ1) is 11.5. The second kappa shape index (κ2) is 8.70. The van der Waals surface area contributed by atoms with Gasteiger partial charge in [0.1, 0.15) is 6.61 Å². The van der Waals surface area contributed by atoms with Crippen LogP contribution in [0, 0.1) is 0 Å². The van der Waals surface area contributed by atoms with Crippen LogP contribution in [-0.2, 0) is 16.2 Å². The summed E-state index contributed by atoms with van der Waals surface area (Å²) >= 11 is 9.57. The van der Waals surface area contributed by atoms with Crippen LogP contribution in [0.3, 0.4) is 0 Å². The largest absolute Gasteiger partial charge is 0.453 e. The molecule has 0 heterocycles. The van der Waals surface area contributed by atoms with E-state index in [1.807, 2.05) is 31.2 Å². The van der Waals surface area contributed by atoms with Gasteiger partial charge in [0.05, 0.1) is 18.5 Å². The van der Waals surface area contributed by atoms with Crippen LogP contribution < -0.4 is 5.32 Å². The Kier molecular flexibility index (Phi) is 6.63. The fourth-order valence-corrected chi connectivity index (χ4v) is 2.41. The number of carbonyl (C=O) groups is 1. The van der Waals surface area contributed by atoms with Crippen molar-refractivity contribution in [2.75, 3.05) is 12.4 Å². The van der Waals surface area contributed by atoms with Crippen LogP contribution in [0.5, 0.6) is 0 Å². The van der Waals surface area contributed by atoms with E-state index < -0.39 is 6.09 Å². The second-order valence-corrected chi connectivity index (χ2v) is 6.16. The third-order valence-corrected chi connectivity index (χ3v) is 4.10. The highest BCUT2D eigenvalue weighted by Gasteiger charge is 2.11. The molecule has 5 nitrogen and oxygen atoms in total. The van der Waals surface area contributed by atoms with Gasteiger partial charge in [-0.2, -0.15) is 0 Å². The van der Waals surface area contributed by atoms with Crippen molar-refractivity contribution >= 4 is 45.0 Å². The number of methoxy groups -OCH3 is 1. The summed E-state index contributed by atoms with van der Waals surface area (Å²) in [5.41, 5.74) is 2.82. The predicted octanol–water partition coefficient (Wildman–Crippen LogP) is 5.22. The van der Waals surface area contributed by atoms with Crippen molar-refractivity contribution in [3.8, 4) is 0 Å². The second-order valence-electron chi connectivity index (χ2n) is 4.84. The SMILES string of the molecule is COC(=O)Nc1cccc(Cl)c1CON=C(C)c1ccc(Br)cc1. The Morgan fingerprint density at radius 1 is 1.25 bits per heavy atom. The van der Waals surface area contributed by atoms with E-state index in [0.717, 1.165) is 15.7 Å². The van der Waals surface area contributed by atoms with Gasteiger partial charge in [-0.15, -0.1) is 0 Å². The van der Waals surface area contributed by atoms with E-state index >= 15 is 0 Å². The Labute approximate surface area is 153 Å². The normalized spacial score (nSPS) is 11.1. The Morgan fingerprint density at radius 2 is 1.96 bits per heavy atom. The first-order valence-electron chi connectivity index (χ1n) is 7.06. The number of anilines is 1. The molecular weight excluding hydrogens is 396 g/mol. The lowest BCUT2D eigenvalue weighted by molar-refractivity contribution is 0.131. The number of halogens is 2. The Bertz CT molecular complexity index is 748. The number of nitrogens with one attached hydrogen (secondary N) is 1. The van der Waals surface area contributed by atoms with E-state index in [1.165, 1.54) is 7.11 Å². The summed E-state index contributed by atoms with van der Waals surface area (Å²) in [5, 5.41) is 7.17. The maximum absolute atomic E-state index is 11.4. The fraction of sp³-hybridized carbons (Fsp3) is 0.176. The average molecular weight is 412 g/mol. The number of nitrogens with zero attached hydrogens (tertiary/aromatic N) is 1. The third kappa shape index (κ3) is 4.97. The van der Waals surface area contributed by atoms with Crippen molar-refractivity contribution in [2.24, 2.45) is 5.16 Å². The summed E-state index contributed by atoms with van der Waals surface area (Å²) in [6, 6.07) is 12.9. The molecule has 0 spiro atoms. The molecule has 0 aliphatic heterocycles. The molecule has 0 unspecified atom stereocenters. The number of rotatable bonds is 5. The van der Waals surface area contributed by atoms with Gasteiger partial charge in [-0.25, -0.2) is 4.79 Å². The summed E-state index contributed by atoms with van der Waals surface area (Å²) in [4.78, 5) is 16.8. The monoisotopic (exact) mass is 410 g/mol. The number of ether oxygens (including phenoxy) is 1. The van der Waals surface area contributed by atoms with Gasteiger partial charge in [0, 0.05) is 15.1 Å². The van der Waals surface area contributed by atoms with Gasteiger partial charge in [0.15, 0.2) is 0 Å². The van der Waals surface area contributed by atoms with Crippen LogP contribution in [-0.4, -0.2) is 18.9 Å². The van der Waals surface area contributed by atoms with Gasteiger partial charge in [-0.05, 0) is 36.8 Å². The van der Waals surface area contributed by atoms with E-state index in [-0.39, 0.29) is 6.61 Å². The Balaban J connectivity index is 2.09. The molecule has 2 rings (SSSR count). The topological polar surface area (TPSA) is 59.9 Å². The molecule has 24 heavy (non-hydrogen) atoms. The van der Waals surface area contributed by atoms with Gasteiger partial charge < -0.3 is 9.57 Å². The molecule has 0 saturated carbocycles. The highest BCUT2D eigenvalue weighted by molar-refractivity contribution is 9.10. The van der Waals surface area contributed by atoms with Crippen LogP contribution in [0.2, 0.25) is 5.02 Å². The Hall–Kier alpha value is -2.05.